The molecule has 2 aromatic carbocycles. The van der Waals surface area contributed by atoms with Crippen LogP contribution in [-0.2, 0) is 10.0 Å². The first-order chi connectivity index (χ1) is 14.3. The number of carbonyl (C=O) groups excluding carboxylic acids is 2. The molecule has 2 aliphatic rings. The molecule has 0 saturated carbocycles. The molecule has 2 amide bonds. The normalized spacial score (nSPS) is 17.5. The van der Waals surface area contributed by atoms with Crippen LogP contribution < -0.4 is 4.90 Å². The first-order valence-corrected chi connectivity index (χ1v) is 11.3. The number of nitrogens with zero attached hydrogens (tertiary/aromatic N) is 3. The second kappa shape index (κ2) is 7.81. The summed E-state index contributed by atoms with van der Waals surface area (Å²) in [6, 6.07) is 11.4. The summed E-state index contributed by atoms with van der Waals surface area (Å²) >= 11 is 0. The van der Waals surface area contributed by atoms with Crippen molar-refractivity contribution in [2.75, 3.05) is 43.4 Å². The van der Waals surface area contributed by atoms with Crippen LogP contribution in [0.5, 0.6) is 0 Å². The molecule has 0 unspecified atom stereocenters. The van der Waals surface area contributed by atoms with Gasteiger partial charge in [-0.3, -0.25) is 14.5 Å². The zero-order chi connectivity index (χ0) is 21.5. The zero-order valence-corrected chi connectivity index (χ0v) is 17.4. The number of fused-ring (bicyclic) bond motifs is 1. The molecule has 158 valence electrons. The van der Waals surface area contributed by atoms with E-state index >= 15 is 0 Å². The lowest BCUT2D eigenvalue weighted by atomic mass is 10.1. The van der Waals surface area contributed by atoms with Gasteiger partial charge in [-0.05, 0) is 31.2 Å². The van der Waals surface area contributed by atoms with E-state index in [2.05, 4.69) is 0 Å². The van der Waals surface area contributed by atoms with Crippen molar-refractivity contribution in [1.29, 1.82) is 0 Å². The van der Waals surface area contributed by atoms with E-state index < -0.39 is 21.8 Å². The quantitative estimate of drug-likeness (QED) is 0.676. The second-order valence-corrected chi connectivity index (χ2v) is 9.55. The topological polar surface area (TPSA) is 78.0 Å². The highest BCUT2D eigenvalue weighted by Gasteiger charge is 2.37. The Hall–Kier alpha value is -2.78. The highest BCUT2D eigenvalue weighted by molar-refractivity contribution is 7.89. The molecule has 7 nitrogen and oxygen atoms in total. The molecule has 1 fully saturated rings. The van der Waals surface area contributed by atoms with Gasteiger partial charge >= 0.3 is 0 Å². The number of anilines is 1. The number of amides is 2. The van der Waals surface area contributed by atoms with Crippen LogP contribution in [0.2, 0.25) is 0 Å². The third kappa shape index (κ3) is 3.70. The number of hydrogen-bond acceptors (Lipinski definition) is 5. The molecule has 2 aliphatic heterocycles. The largest absolute Gasteiger partial charge is 0.367 e. The number of aryl methyl sites for hydroxylation is 1. The van der Waals surface area contributed by atoms with E-state index in [-0.39, 0.29) is 31.2 Å². The van der Waals surface area contributed by atoms with Crippen LogP contribution in [0, 0.1) is 12.7 Å². The van der Waals surface area contributed by atoms with Crippen molar-refractivity contribution in [1.82, 2.24) is 9.21 Å². The summed E-state index contributed by atoms with van der Waals surface area (Å²) in [6.07, 6.45) is 0. The van der Waals surface area contributed by atoms with Crippen LogP contribution in [0.15, 0.2) is 42.5 Å². The van der Waals surface area contributed by atoms with Crippen molar-refractivity contribution < 1.29 is 22.4 Å². The average Bonchev–Trinajstić information content (AvgIpc) is 2.96. The van der Waals surface area contributed by atoms with Gasteiger partial charge in [0.2, 0.25) is 10.0 Å². The number of para-hydroxylation sites is 1. The molecule has 0 aliphatic carbocycles. The van der Waals surface area contributed by atoms with Crippen LogP contribution in [0.25, 0.3) is 0 Å². The van der Waals surface area contributed by atoms with E-state index in [0.29, 0.717) is 29.9 Å². The maximum Gasteiger partial charge on any atom is 0.261 e. The number of piperazine rings is 1. The monoisotopic (exact) mass is 431 g/mol. The van der Waals surface area contributed by atoms with Gasteiger partial charge < -0.3 is 4.90 Å². The fraction of sp³-hybridized carbons (Fsp3) is 0.333. The number of rotatable bonds is 5. The zero-order valence-electron chi connectivity index (χ0n) is 16.5. The van der Waals surface area contributed by atoms with Crippen LogP contribution in [0.1, 0.15) is 26.3 Å². The SMILES string of the molecule is Cc1ccc2c(c1)C(=O)N(CCS(=O)(=O)N1CCN(c3ccccc3F)CC1)C2=O. The minimum Gasteiger partial charge on any atom is -0.367 e. The first kappa shape index (κ1) is 20.5. The molecule has 0 radical (unpaired) electrons. The summed E-state index contributed by atoms with van der Waals surface area (Å²) in [5.74, 6) is -1.60. The average molecular weight is 431 g/mol. The third-order valence-electron chi connectivity index (χ3n) is 5.52. The third-order valence-corrected chi connectivity index (χ3v) is 7.37. The molecule has 9 heteroatoms. The predicted octanol–water partition coefficient (Wildman–Crippen LogP) is 1.88. The van der Waals surface area contributed by atoms with Crippen LogP contribution in [0.3, 0.4) is 0 Å². The minimum atomic E-state index is -3.66. The Morgan fingerprint density at radius 2 is 1.60 bits per heavy atom. The summed E-state index contributed by atoms with van der Waals surface area (Å²) in [5, 5.41) is 0. The molecule has 0 bridgehead atoms. The Labute approximate surface area is 174 Å². The summed E-state index contributed by atoms with van der Waals surface area (Å²) in [7, 11) is -3.66. The highest BCUT2D eigenvalue weighted by atomic mass is 32.2. The summed E-state index contributed by atoms with van der Waals surface area (Å²) < 4.78 is 40.9. The van der Waals surface area contributed by atoms with Gasteiger partial charge in [-0.1, -0.05) is 23.8 Å². The number of benzene rings is 2. The number of halogens is 1. The Morgan fingerprint density at radius 3 is 2.30 bits per heavy atom. The van der Waals surface area contributed by atoms with Gasteiger partial charge in [-0.25, -0.2) is 12.8 Å². The van der Waals surface area contributed by atoms with Gasteiger partial charge in [-0.15, -0.1) is 0 Å². The van der Waals surface area contributed by atoms with E-state index in [0.717, 1.165) is 10.5 Å². The maximum absolute atomic E-state index is 14.0. The van der Waals surface area contributed by atoms with Crippen LogP contribution >= 0.6 is 0 Å². The van der Waals surface area contributed by atoms with Crippen molar-refractivity contribution in [3.05, 3.63) is 65.0 Å². The maximum atomic E-state index is 14.0. The van der Waals surface area contributed by atoms with Crippen LogP contribution in [0.4, 0.5) is 10.1 Å². The Morgan fingerprint density at radius 1 is 0.933 bits per heavy atom. The molecule has 4 rings (SSSR count). The molecule has 0 aromatic heterocycles. The fourth-order valence-electron chi connectivity index (χ4n) is 3.86. The molecule has 0 spiro atoms. The van der Waals surface area contributed by atoms with E-state index in [1.807, 2.05) is 11.8 Å². The van der Waals surface area contributed by atoms with Gasteiger partial charge in [0, 0.05) is 32.7 Å². The molecule has 2 aromatic rings. The van der Waals surface area contributed by atoms with Gasteiger partial charge in [0.15, 0.2) is 0 Å². The number of sulfonamides is 1. The van der Waals surface area contributed by atoms with Crippen molar-refractivity contribution >= 4 is 27.5 Å². The predicted molar refractivity (Wildman–Crippen MR) is 111 cm³/mol. The second-order valence-electron chi connectivity index (χ2n) is 7.46. The summed E-state index contributed by atoms with van der Waals surface area (Å²) in [6.45, 7) is 2.81. The minimum absolute atomic E-state index is 0.193. The van der Waals surface area contributed by atoms with E-state index in [1.165, 1.54) is 10.4 Å². The summed E-state index contributed by atoms with van der Waals surface area (Å²) in [4.78, 5) is 27.8. The van der Waals surface area contributed by atoms with Crippen molar-refractivity contribution in [3.8, 4) is 0 Å². The smallest absolute Gasteiger partial charge is 0.261 e. The molecular formula is C21H22FN3O4S. The number of carbonyl (C=O) groups is 2. The lowest BCUT2D eigenvalue weighted by Gasteiger charge is -2.35. The summed E-state index contributed by atoms with van der Waals surface area (Å²) in [5.41, 5.74) is 1.94. The lowest BCUT2D eigenvalue weighted by molar-refractivity contribution is 0.0663. The molecule has 30 heavy (non-hydrogen) atoms. The number of hydrogen-bond donors (Lipinski definition) is 0. The van der Waals surface area contributed by atoms with Crippen molar-refractivity contribution in [2.45, 2.75) is 6.92 Å². The van der Waals surface area contributed by atoms with Crippen molar-refractivity contribution in [2.24, 2.45) is 0 Å². The molecule has 0 N–H and O–H groups in total. The van der Waals surface area contributed by atoms with Gasteiger partial charge in [0.05, 0.1) is 22.6 Å². The van der Waals surface area contributed by atoms with Crippen molar-refractivity contribution in [3.63, 3.8) is 0 Å². The van der Waals surface area contributed by atoms with E-state index in [9.17, 15) is 22.4 Å². The first-order valence-electron chi connectivity index (χ1n) is 9.72. The molecular weight excluding hydrogens is 409 g/mol. The highest BCUT2D eigenvalue weighted by Crippen LogP contribution is 2.25. The Bertz CT molecular complexity index is 1110. The molecule has 0 atom stereocenters. The fourth-order valence-corrected chi connectivity index (χ4v) is 5.25. The standard InChI is InChI=1S/C21H22FN3O4S/c1-15-6-7-16-17(14-15)21(27)25(20(16)26)12-13-30(28,29)24-10-8-23(9-11-24)19-5-3-2-4-18(19)22/h2-7,14H,8-13H2,1H3. The lowest BCUT2D eigenvalue weighted by Crippen LogP contribution is -2.50. The number of imide groups is 1. The van der Waals surface area contributed by atoms with E-state index in [1.54, 1.807) is 36.4 Å². The van der Waals surface area contributed by atoms with E-state index in [4.69, 9.17) is 0 Å². The van der Waals surface area contributed by atoms with Gasteiger partial charge in [0.1, 0.15) is 5.82 Å². The molecule has 2 heterocycles. The Kier molecular flexibility index (Phi) is 5.33. The van der Waals surface area contributed by atoms with Gasteiger partial charge in [-0.2, -0.15) is 4.31 Å². The molecule has 1 saturated heterocycles. The van der Waals surface area contributed by atoms with Crippen LogP contribution in [-0.4, -0.2) is 67.9 Å². The Balaban J connectivity index is 1.38. The van der Waals surface area contributed by atoms with Gasteiger partial charge in [0.25, 0.3) is 11.8 Å².